The van der Waals surface area contributed by atoms with Crippen LogP contribution in [0.15, 0.2) is 77.7 Å². The molecule has 2 amide bonds. The van der Waals surface area contributed by atoms with Gasteiger partial charge in [-0.05, 0) is 73.9 Å². The van der Waals surface area contributed by atoms with Crippen molar-refractivity contribution in [3.05, 3.63) is 89.5 Å². The fraction of sp³-hybridized carbons (Fsp3) is 0.269. The molecule has 0 saturated heterocycles. The number of halogens is 3. The summed E-state index contributed by atoms with van der Waals surface area (Å²) in [6.07, 6.45) is -3.86. The predicted molar refractivity (Wildman–Crippen MR) is 131 cm³/mol. The minimum atomic E-state index is -4.69. The van der Waals surface area contributed by atoms with E-state index >= 15 is 0 Å². The third-order valence-electron chi connectivity index (χ3n) is 5.38. The molecule has 0 spiro atoms. The number of amides is 2. The first kappa shape index (κ1) is 27.1. The monoisotopic (exact) mass is 520 g/mol. The van der Waals surface area contributed by atoms with Gasteiger partial charge in [0, 0.05) is 18.3 Å². The minimum absolute atomic E-state index is 0.0790. The van der Waals surface area contributed by atoms with Gasteiger partial charge in [-0.25, -0.2) is 4.79 Å². The van der Waals surface area contributed by atoms with Crippen LogP contribution in [0.3, 0.4) is 0 Å². The number of rotatable bonds is 8. The zero-order valence-corrected chi connectivity index (χ0v) is 20.9. The van der Waals surface area contributed by atoms with Crippen LogP contribution < -0.4 is 9.50 Å². The summed E-state index contributed by atoms with van der Waals surface area (Å²) in [6, 6.07) is 16.4. The van der Waals surface area contributed by atoms with Gasteiger partial charge < -0.3 is 14.4 Å². The molecular weight excluding hydrogens is 493 g/mol. The molecular formula is C26H27F3N2O4S. The molecule has 3 rings (SSSR count). The topological polar surface area (TPSA) is 75.7 Å². The molecule has 0 aliphatic carbocycles. The largest absolute Gasteiger partial charge is 0.416 e. The Balaban J connectivity index is 1.77. The lowest BCUT2D eigenvalue weighted by atomic mass is 10.1. The van der Waals surface area contributed by atoms with E-state index in [1.54, 1.807) is 23.1 Å². The van der Waals surface area contributed by atoms with E-state index in [-0.39, 0.29) is 24.4 Å². The van der Waals surface area contributed by atoms with Gasteiger partial charge in [0.1, 0.15) is 10.6 Å². The van der Waals surface area contributed by atoms with Crippen LogP contribution in [0.5, 0.6) is 5.75 Å². The van der Waals surface area contributed by atoms with Gasteiger partial charge in [0.25, 0.3) is 0 Å². The molecule has 36 heavy (non-hydrogen) atoms. The first-order valence-corrected chi connectivity index (χ1v) is 12.7. The molecule has 0 aliphatic heterocycles. The number of nitrogens with one attached hydrogen (secondary N) is 1. The standard InChI is InChI=1S/C26H27F3N2O4S/c1-4-19-8-5-11-22(14-19)30-25(32)31(18(2)3)17-20-9-6-12-23(15-20)35-36(33,34)24-13-7-10-21(16-24)26(27,28)29/h5-16,18H,4,17H2,1-3H3,(H,30,32). The molecule has 1 N–H and O–H groups in total. The lowest BCUT2D eigenvalue weighted by Gasteiger charge is -2.27. The molecule has 3 aromatic rings. The van der Waals surface area contributed by atoms with Gasteiger partial charge in [0.05, 0.1) is 5.56 Å². The summed E-state index contributed by atoms with van der Waals surface area (Å²) in [5.41, 5.74) is 1.23. The van der Waals surface area contributed by atoms with E-state index in [2.05, 4.69) is 5.32 Å². The van der Waals surface area contributed by atoms with Crippen LogP contribution >= 0.6 is 0 Å². The van der Waals surface area contributed by atoms with Crippen LogP contribution in [0.4, 0.5) is 23.7 Å². The molecule has 3 aromatic carbocycles. The number of urea groups is 1. The molecule has 0 radical (unpaired) electrons. The molecule has 10 heteroatoms. The first-order valence-electron chi connectivity index (χ1n) is 11.3. The van der Waals surface area contributed by atoms with Gasteiger partial charge in [-0.3, -0.25) is 0 Å². The molecule has 0 unspecified atom stereocenters. The highest BCUT2D eigenvalue weighted by Gasteiger charge is 2.32. The van der Waals surface area contributed by atoms with E-state index in [1.807, 2.05) is 39.0 Å². The molecule has 0 aliphatic rings. The third-order valence-corrected chi connectivity index (χ3v) is 6.62. The number of carbonyl (C=O) groups excluding carboxylic acids is 1. The maximum absolute atomic E-state index is 13.0. The summed E-state index contributed by atoms with van der Waals surface area (Å²) >= 11 is 0. The fourth-order valence-corrected chi connectivity index (χ4v) is 4.42. The van der Waals surface area contributed by atoms with Crippen LogP contribution in [-0.4, -0.2) is 25.4 Å². The predicted octanol–water partition coefficient (Wildman–Crippen LogP) is 6.48. The smallest absolute Gasteiger partial charge is 0.379 e. The first-order chi connectivity index (χ1) is 16.9. The van der Waals surface area contributed by atoms with Crippen LogP contribution in [0.2, 0.25) is 0 Å². The average molecular weight is 521 g/mol. The minimum Gasteiger partial charge on any atom is -0.379 e. The van der Waals surface area contributed by atoms with Gasteiger partial charge in [0.15, 0.2) is 0 Å². The quantitative estimate of drug-likeness (QED) is 0.345. The second kappa shape index (κ2) is 11.0. The Morgan fingerprint density at radius 1 is 0.972 bits per heavy atom. The van der Waals surface area contributed by atoms with E-state index in [1.165, 1.54) is 12.1 Å². The molecule has 0 aromatic heterocycles. The Morgan fingerprint density at radius 3 is 2.31 bits per heavy atom. The van der Waals surface area contributed by atoms with Gasteiger partial charge in [-0.2, -0.15) is 21.6 Å². The zero-order valence-electron chi connectivity index (χ0n) is 20.0. The van der Waals surface area contributed by atoms with Crippen molar-refractivity contribution in [2.45, 2.75) is 50.9 Å². The Hall–Kier alpha value is -3.53. The normalized spacial score (nSPS) is 11.9. The lowest BCUT2D eigenvalue weighted by molar-refractivity contribution is -0.137. The highest BCUT2D eigenvalue weighted by atomic mass is 32.2. The lowest BCUT2D eigenvalue weighted by Crippen LogP contribution is -2.39. The van der Waals surface area contributed by atoms with Gasteiger partial charge in [-0.1, -0.05) is 37.3 Å². The summed E-state index contributed by atoms with van der Waals surface area (Å²) in [7, 11) is -4.51. The van der Waals surface area contributed by atoms with Gasteiger partial charge in [-0.15, -0.1) is 0 Å². The number of anilines is 1. The summed E-state index contributed by atoms with van der Waals surface area (Å²) < 4.78 is 69.3. The number of hydrogen-bond donors (Lipinski definition) is 1. The van der Waals surface area contributed by atoms with Crippen LogP contribution in [0, 0.1) is 0 Å². The Labute approximate surface area is 208 Å². The SMILES string of the molecule is CCc1cccc(NC(=O)N(Cc2cccc(OS(=O)(=O)c3cccc(C(F)(F)F)c3)c2)C(C)C)c1. The van der Waals surface area contributed by atoms with E-state index in [0.29, 0.717) is 17.3 Å². The van der Waals surface area contributed by atoms with E-state index in [0.717, 1.165) is 30.2 Å². The zero-order chi connectivity index (χ0) is 26.5. The summed E-state index contributed by atoms with van der Waals surface area (Å²) in [6.45, 7) is 5.86. The molecule has 0 heterocycles. The van der Waals surface area contributed by atoms with E-state index in [4.69, 9.17) is 4.18 Å². The van der Waals surface area contributed by atoms with Crippen molar-refractivity contribution in [2.75, 3.05) is 5.32 Å². The number of hydrogen-bond acceptors (Lipinski definition) is 4. The third kappa shape index (κ3) is 7.00. The van der Waals surface area contributed by atoms with Crippen molar-refractivity contribution in [2.24, 2.45) is 0 Å². The van der Waals surface area contributed by atoms with E-state index < -0.39 is 26.8 Å². The second-order valence-electron chi connectivity index (χ2n) is 8.42. The second-order valence-corrected chi connectivity index (χ2v) is 9.96. The number of benzene rings is 3. The van der Waals surface area contributed by atoms with Crippen molar-refractivity contribution < 1.29 is 30.6 Å². The fourth-order valence-electron chi connectivity index (χ4n) is 3.45. The molecule has 0 bridgehead atoms. The van der Waals surface area contributed by atoms with Crippen molar-refractivity contribution >= 4 is 21.8 Å². The van der Waals surface area contributed by atoms with Gasteiger partial charge >= 0.3 is 22.3 Å². The van der Waals surface area contributed by atoms with Crippen molar-refractivity contribution in [3.8, 4) is 5.75 Å². The average Bonchev–Trinajstić information content (AvgIpc) is 2.82. The number of carbonyl (C=O) groups is 1. The molecule has 0 fully saturated rings. The highest BCUT2D eigenvalue weighted by molar-refractivity contribution is 7.87. The molecule has 0 saturated carbocycles. The number of aryl methyl sites for hydroxylation is 1. The molecule has 0 atom stereocenters. The highest BCUT2D eigenvalue weighted by Crippen LogP contribution is 2.31. The number of nitrogens with zero attached hydrogens (tertiary/aromatic N) is 1. The molecule has 192 valence electrons. The maximum atomic E-state index is 13.0. The van der Waals surface area contributed by atoms with Gasteiger partial charge in [0.2, 0.25) is 0 Å². The van der Waals surface area contributed by atoms with Crippen LogP contribution in [0.25, 0.3) is 0 Å². The Bertz CT molecular complexity index is 1320. The van der Waals surface area contributed by atoms with Crippen molar-refractivity contribution in [1.29, 1.82) is 0 Å². The van der Waals surface area contributed by atoms with Crippen LogP contribution in [-0.2, 0) is 29.3 Å². The summed E-state index contributed by atoms with van der Waals surface area (Å²) in [5, 5.41) is 2.88. The molecule has 6 nitrogen and oxygen atoms in total. The number of alkyl halides is 3. The van der Waals surface area contributed by atoms with Crippen molar-refractivity contribution in [3.63, 3.8) is 0 Å². The Morgan fingerprint density at radius 2 is 1.64 bits per heavy atom. The van der Waals surface area contributed by atoms with E-state index in [9.17, 15) is 26.4 Å². The Kier molecular flexibility index (Phi) is 8.29. The van der Waals surface area contributed by atoms with Crippen LogP contribution in [0.1, 0.15) is 37.5 Å². The summed E-state index contributed by atoms with van der Waals surface area (Å²) in [4.78, 5) is 13.9. The summed E-state index contributed by atoms with van der Waals surface area (Å²) in [5.74, 6) is -0.0790. The van der Waals surface area contributed by atoms with Crippen molar-refractivity contribution in [1.82, 2.24) is 4.90 Å². The maximum Gasteiger partial charge on any atom is 0.416 e.